The zero-order valence-corrected chi connectivity index (χ0v) is 13.9. The number of halogens is 1. The van der Waals surface area contributed by atoms with Crippen molar-refractivity contribution < 1.29 is 9.90 Å². The summed E-state index contributed by atoms with van der Waals surface area (Å²) in [5.74, 6) is 0.328. The summed E-state index contributed by atoms with van der Waals surface area (Å²) in [7, 11) is 0. The van der Waals surface area contributed by atoms with Crippen LogP contribution in [-0.2, 0) is 11.2 Å². The lowest BCUT2D eigenvalue weighted by Crippen LogP contribution is -2.43. The van der Waals surface area contributed by atoms with Gasteiger partial charge in [0.25, 0.3) is 0 Å². The molecule has 1 saturated carbocycles. The highest BCUT2D eigenvalue weighted by molar-refractivity contribution is 6.31. The summed E-state index contributed by atoms with van der Waals surface area (Å²) in [4.78, 5) is 14.8. The van der Waals surface area contributed by atoms with Crippen molar-refractivity contribution in [1.82, 2.24) is 4.90 Å². The van der Waals surface area contributed by atoms with E-state index in [1.807, 2.05) is 31.2 Å². The Morgan fingerprint density at radius 1 is 1.27 bits per heavy atom. The minimum atomic E-state index is -0.545. The monoisotopic (exact) mass is 321 g/mol. The molecule has 3 rings (SSSR count). The average molecular weight is 322 g/mol. The molecule has 22 heavy (non-hydrogen) atoms. The van der Waals surface area contributed by atoms with Crippen molar-refractivity contribution in [2.75, 3.05) is 6.54 Å². The van der Waals surface area contributed by atoms with E-state index in [1.54, 1.807) is 0 Å². The Bertz CT molecular complexity index is 548. The molecular weight excluding hydrogens is 298 g/mol. The van der Waals surface area contributed by atoms with Crippen molar-refractivity contribution in [1.29, 1.82) is 0 Å². The number of aliphatic hydroxyl groups is 1. The van der Waals surface area contributed by atoms with Crippen LogP contribution in [0, 0.1) is 5.92 Å². The molecule has 1 aromatic rings. The van der Waals surface area contributed by atoms with E-state index in [0.717, 1.165) is 55.7 Å². The van der Waals surface area contributed by atoms with Gasteiger partial charge in [-0.05, 0) is 57.1 Å². The van der Waals surface area contributed by atoms with E-state index in [1.165, 1.54) is 0 Å². The summed E-state index contributed by atoms with van der Waals surface area (Å²) >= 11 is 6.21. The molecule has 0 bridgehead atoms. The molecule has 1 atom stereocenters. The Hall–Kier alpha value is -1.06. The van der Waals surface area contributed by atoms with E-state index < -0.39 is 5.60 Å². The minimum Gasteiger partial charge on any atom is -0.390 e. The van der Waals surface area contributed by atoms with Gasteiger partial charge in [-0.25, -0.2) is 0 Å². The molecule has 2 fully saturated rings. The molecule has 2 aliphatic rings. The van der Waals surface area contributed by atoms with Crippen molar-refractivity contribution in [3.8, 4) is 0 Å². The second-order valence-electron chi connectivity index (χ2n) is 7.04. The maximum Gasteiger partial charge on any atom is 0.226 e. The molecule has 1 amide bonds. The van der Waals surface area contributed by atoms with Gasteiger partial charge in [-0.3, -0.25) is 4.79 Å². The maximum absolute atomic E-state index is 12.7. The zero-order chi connectivity index (χ0) is 15.7. The van der Waals surface area contributed by atoms with Crippen LogP contribution in [-0.4, -0.2) is 34.1 Å². The third kappa shape index (κ3) is 3.31. The molecule has 0 radical (unpaired) electrons. The SMILES string of the molecule is CC1(O)CCC(N2CCC(Cc3ccccc3Cl)C2=O)CC1. The van der Waals surface area contributed by atoms with Gasteiger partial charge in [0.2, 0.25) is 5.91 Å². The normalized spacial score (nSPS) is 32.5. The fraction of sp³-hybridized carbons (Fsp3) is 0.611. The fourth-order valence-corrected chi connectivity index (χ4v) is 3.99. The van der Waals surface area contributed by atoms with Crippen LogP contribution in [0.4, 0.5) is 0 Å². The fourth-order valence-electron chi connectivity index (χ4n) is 3.78. The smallest absolute Gasteiger partial charge is 0.226 e. The molecule has 120 valence electrons. The molecule has 3 nitrogen and oxygen atoms in total. The molecule has 1 heterocycles. The third-order valence-corrected chi connectivity index (χ3v) is 5.62. The van der Waals surface area contributed by atoms with E-state index in [-0.39, 0.29) is 11.8 Å². The van der Waals surface area contributed by atoms with Crippen LogP contribution in [0.15, 0.2) is 24.3 Å². The first-order valence-corrected chi connectivity index (χ1v) is 8.60. The predicted molar refractivity (Wildman–Crippen MR) is 87.9 cm³/mol. The average Bonchev–Trinajstić information content (AvgIpc) is 2.83. The Morgan fingerprint density at radius 3 is 2.64 bits per heavy atom. The largest absolute Gasteiger partial charge is 0.390 e. The standard InChI is InChI=1S/C18H24ClNO2/c1-18(22)9-6-15(7-10-18)20-11-8-14(17(20)21)12-13-4-2-3-5-16(13)19/h2-5,14-15,22H,6-12H2,1H3. The minimum absolute atomic E-state index is 0.0577. The predicted octanol–water partition coefficient (Wildman–Crippen LogP) is 3.42. The van der Waals surface area contributed by atoms with Gasteiger partial charge in [0.15, 0.2) is 0 Å². The number of benzene rings is 1. The number of hydrogen-bond donors (Lipinski definition) is 1. The molecule has 0 aromatic heterocycles. The molecular formula is C18H24ClNO2. The number of hydrogen-bond acceptors (Lipinski definition) is 2. The molecule has 1 aromatic carbocycles. The molecule has 1 unspecified atom stereocenters. The second-order valence-corrected chi connectivity index (χ2v) is 7.45. The molecule has 4 heteroatoms. The van der Waals surface area contributed by atoms with Crippen LogP contribution in [0.3, 0.4) is 0 Å². The van der Waals surface area contributed by atoms with Crippen molar-refractivity contribution in [2.24, 2.45) is 5.92 Å². The summed E-state index contributed by atoms with van der Waals surface area (Å²) < 4.78 is 0. The van der Waals surface area contributed by atoms with Gasteiger partial charge in [-0.15, -0.1) is 0 Å². The Balaban J connectivity index is 1.62. The van der Waals surface area contributed by atoms with Gasteiger partial charge in [-0.2, -0.15) is 0 Å². The van der Waals surface area contributed by atoms with Crippen LogP contribution in [0.1, 0.15) is 44.6 Å². The summed E-state index contributed by atoms with van der Waals surface area (Å²) in [6, 6.07) is 8.10. The first-order valence-electron chi connectivity index (χ1n) is 8.22. The Labute approximate surface area is 137 Å². The number of nitrogens with zero attached hydrogens (tertiary/aromatic N) is 1. The number of rotatable bonds is 3. The lowest BCUT2D eigenvalue weighted by atomic mass is 9.83. The quantitative estimate of drug-likeness (QED) is 0.926. The van der Waals surface area contributed by atoms with Crippen LogP contribution in [0.5, 0.6) is 0 Å². The van der Waals surface area contributed by atoms with Gasteiger partial charge in [0.1, 0.15) is 0 Å². The molecule has 0 spiro atoms. The Morgan fingerprint density at radius 2 is 1.95 bits per heavy atom. The number of carbonyl (C=O) groups is 1. The van der Waals surface area contributed by atoms with E-state index in [9.17, 15) is 9.90 Å². The van der Waals surface area contributed by atoms with Gasteiger partial charge in [0.05, 0.1) is 5.60 Å². The van der Waals surface area contributed by atoms with E-state index >= 15 is 0 Å². The number of amides is 1. The van der Waals surface area contributed by atoms with Gasteiger partial charge in [0, 0.05) is 23.5 Å². The summed E-state index contributed by atoms with van der Waals surface area (Å²) in [5, 5.41) is 10.8. The van der Waals surface area contributed by atoms with E-state index in [4.69, 9.17) is 11.6 Å². The van der Waals surface area contributed by atoms with Crippen LogP contribution in [0.25, 0.3) is 0 Å². The van der Waals surface area contributed by atoms with Crippen LogP contribution >= 0.6 is 11.6 Å². The van der Waals surface area contributed by atoms with Crippen molar-refractivity contribution in [3.63, 3.8) is 0 Å². The lowest BCUT2D eigenvalue weighted by Gasteiger charge is -2.37. The molecule has 1 aliphatic carbocycles. The second kappa shape index (κ2) is 6.21. The van der Waals surface area contributed by atoms with Crippen molar-refractivity contribution >= 4 is 17.5 Å². The van der Waals surface area contributed by atoms with Crippen LogP contribution < -0.4 is 0 Å². The van der Waals surface area contributed by atoms with E-state index in [0.29, 0.717) is 6.04 Å². The van der Waals surface area contributed by atoms with Crippen LogP contribution in [0.2, 0.25) is 5.02 Å². The highest BCUT2D eigenvalue weighted by Gasteiger charge is 2.39. The lowest BCUT2D eigenvalue weighted by molar-refractivity contribution is -0.134. The zero-order valence-electron chi connectivity index (χ0n) is 13.1. The summed E-state index contributed by atoms with van der Waals surface area (Å²) in [6.45, 7) is 2.75. The Kier molecular flexibility index (Phi) is 4.47. The summed E-state index contributed by atoms with van der Waals surface area (Å²) in [5.41, 5.74) is 0.520. The van der Waals surface area contributed by atoms with Crippen molar-refractivity contribution in [3.05, 3.63) is 34.9 Å². The highest BCUT2D eigenvalue weighted by atomic mass is 35.5. The van der Waals surface area contributed by atoms with Gasteiger partial charge in [-0.1, -0.05) is 29.8 Å². The van der Waals surface area contributed by atoms with Gasteiger partial charge < -0.3 is 10.0 Å². The molecule has 1 N–H and O–H groups in total. The first kappa shape index (κ1) is 15.8. The number of likely N-dealkylation sites (tertiary alicyclic amines) is 1. The third-order valence-electron chi connectivity index (χ3n) is 5.25. The van der Waals surface area contributed by atoms with Crippen molar-refractivity contribution in [2.45, 2.75) is 57.1 Å². The molecule has 1 aliphatic heterocycles. The summed E-state index contributed by atoms with van der Waals surface area (Å²) in [6.07, 6.45) is 5.05. The number of carbonyl (C=O) groups excluding carboxylic acids is 1. The van der Waals surface area contributed by atoms with Gasteiger partial charge >= 0.3 is 0 Å². The highest BCUT2D eigenvalue weighted by Crippen LogP contribution is 2.34. The topological polar surface area (TPSA) is 40.5 Å². The first-order chi connectivity index (χ1) is 10.5. The molecule has 1 saturated heterocycles. The van der Waals surface area contributed by atoms with E-state index in [2.05, 4.69) is 4.90 Å². The maximum atomic E-state index is 12.7.